The van der Waals surface area contributed by atoms with Gasteiger partial charge in [0.05, 0.1) is 0 Å². The molecular weight excluding hydrogens is 184 g/mol. The predicted molar refractivity (Wildman–Crippen MR) is 65.1 cm³/mol. The van der Waals surface area contributed by atoms with Gasteiger partial charge in [-0.2, -0.15) is 0 Å². The average molecular weight is 208 g/mol. The predicted octanol–water partition coefficient (Wildman–Crippen LogP) is 2.12. The van der Waals surface area contributed by atoms with Crippen molar-refractivity contribution in [2.75, 3.05) is 26.2 Å². The second-order valence-corrected chi connectivity index (χ2v) is 6.09. The molecule has 0 aliphatic carbocycles. The van der Waals surface area contributed by atoms with Gasteiger partial charge in [0.15, 0.2) is 0 Å². The molecule has 0 bridgehead atoms. The molecule has 0 atom stereocenters. The van der Waals surface area contributed by atoms with Gasteiger partial charge in [-0.15, -0.1) is 6.58 Å². The van der Waals surface area contributed by atoms with Crippen molar-refractivity contribution >= 4 is 0 Å². The Balaban J connectivity index is 1.97. The highest BCUT2D eigenvalue weighted by Crippen LogP contribution is 2.40. The number of likely N-dealkylation sites (tertiary alicyclic amines) is 2. The summed E-state index contributed by atoms with van der Waals surface area (Å²) in [5.74, 6) is 0. The molecule has 2 saturated heterocycles. The van der Waals surface area contributed by atoms with Crippen molar-refractivity contribution < 1.29 is 0 Å². The molecule has 1 spiro atoms. The Morgan fingerprint density at radius 2 is 2.00 bits per heavy atom. The SMILES string of the molecule is C=CCN1CCCC12CN(C(C)(C)C)C2. The van der Waals surface area contributed by atoms with Gasteiger partial charge in [0.2, 0.25) is 0 Å². The normalized spacial score (nSPS) is 26.9. The topological polar surface area (TPSA) is 6.48 Å². The number of nitrogens with zero attached hydrogens (tertiary/aromatic N) is 2. The molecule has 0 saturated carbocycles. The molecule has 0 aromatic rings. The van der Waals surface area contributed by atoms with Crippen LogP contribution < -0.4 is 0 Å². The summed E-state index contributed by atoms with van der Waals surface area (Å²) >= 11 is 0. The summed E-state index contributed by atoms with van der Waals surface area (Å²) in [5, 5.41) is 0. The van der Waals surface area contributed by atoms with Gasteiger partial charge in [-0.05, 0) is 40.2 Å². The van der Waals surface area contributed by atoms with Crippen LogP contribution in [0.5, 0.6) is 0 Å². The highest BCUT2D eigenvalue weighted by Gasteiger charge is 2.51. The Morgan fingerprint density at radius 1 is 1.33 bits per heavy atom. The number of rotatable bonds is 2. The van der Waals surface area contributed by atoms with E-state index in [9.17, 15) is 0 Å². The minimum atomic E-state index is 0.341. The lowest BCUT2D eigenvalue weighted by Crippen LogP contribution is -2.71. The van der Waals surface area contributed by atoms with Crippen LogP contribution in [-0.2, 0) is 0 Å². The van der Waals surface area contributed by atoms with Crippen LogP contribution in [0.1, 0.15) is 33.6 Å². The van der Waals surface area contributed by atoms with E-state index in [-0.39, 0.29) is 0 Å². The Morgan fingerprint density at radius 3 is 2.53 bits per heavy atom. The summed E-state index contributed by atoms with van der Waals surface area (Å²) in [6.07, 6.45) is 4.80. The Hall–Kier alpha value is -0.340. The molecule has 2 fully saturated rings. The van der Waals surface area contributed by atoms with Crippen LogP contribution in [0.15, 0.2) is 12.7 Å². The van der Waals surface area contributed by atoms with Crippen LogP contribution in [0.4, 0.5) is 0 Å². The maximum absolute atomic E-state index is 3.86. The molecular formula is C13H24N2. The molecule has 2 nitrogen and oxygen atoms in total. The van der Waals surface area contributed by atoms with Crippen LogP contribution >= 0.6 is 0 Å². The first-order chi connectivity index (χ1) is 6.98. The van der Waals surface area contributed by atoms with Gasteiger partial charge in [-0.3, -0.25) is 9.80 Å². The first-order valence-corrected chi connectivity index (χ1v) is 6.09. The quantitative estimate of drug-likeness (QED) is 0.641. The zero-order valence-electron chi connectivity index (χ0n) is 10.4. The van der Waals surface area contributed by atoms with Crippen LogP contribution in [0.3, 0.4) is 0 Å². The fourth-order valence-corrected chi connectivity index (χ4v) is 2.93. The van der Waals surface area contributed by atoms with Gasteiger partial charge in [0.25, 0.3) is 0 Å². The lowest BCUT2D eigenvalue weighted by molar-refractivity contribution is -0.0712. The van der Waals surface area contributed by atoms with Gasteiger partial charge < -0.3 is 0 Å². The average Bonchev–Trinajstić information content (AvgIpc) is 2.44. The van der Waals surface area contributed by atoms with Crippen LogP contribution in [-0.4, -0.2) is 47.1 Å². The second kappa shape index (κ2) is 3.60. The standard InChI is InChI=1S/C13H24N2/c1-5-8-14-9-6-7-13(14)10-15(11-13)12(2,3)4/h5H,1,6-11H2,2-4H3. The molecule has 2 heterocycles. The molecule has 2 heteroatoms. The zero-order valence-corrected chi connectivity index (χ0v) is 10.4. The van der Waals surface area contributed by atoms with Gasteiger partial charge >= 0.3 is 0 Å². The van der Waals surface area contributed by atoms with Gasteiger partial charge in [-0.25, -0.2) is 0 Å². The maximum Gasteiger partial charge on any atom is 0.0467 e. The first-order valence-electron chi connectivity index (χ1n) is 6.09. The van der Waals surface area contributed by atoms with E-state index in [2.05, 4.69) is 37.1 Å². The van der Waals surface area contributed by atoms with E-state index < -0.39 is 0 Å². The van der Waals surface area contributed by atoms with Crippen molar-refractivity contribution in [3.05, 3.63) is 12.7 Å². The third-order valence-electron chi connectivity index (χ3n) is 4.01. The summed E-state index contributed by atoms with van der Waals surface area (Å²) in [5.41, 5.74) is 0.842. The highest BCUT2D eigenvalue weighted by molar-refractivity contribution is 5.10. The van der Waals surface area contributed by atoms with E-state index in [0.717, 1.165) is 6.54 Å². The van der Waals surface area contributed by atoms with E-state index >= 15 is 0 Å². The largest absolute Gasteiger partial charge is 0.295 e. The van der Waals surface area contributed by atoms with Crippen molar-refractivity contribution in [2.24, 2.45) is 0 Å². The van der Waals surface area contributed by atoms with E-state index in [1.807, 2.05) is 6.08 Å². The van der Waals surface area contributed by atoms with Crippen molar-refractivity contribution in [3.63, 3.8) is 0 Å². The molecule has 86 valence electrons. The third kappa shape index (κ3) is 1.85. The smallest absolute Gasteiger partial charge is 0.0467 e. The molecule has 0 radical (unpaired) electrons. The molecule has 2 aliphatic heterocycles. The minimum Gasteiger partial charge on any atom is -0.295 e. The maximum atomic E-state index is 3.86. The molecule has 0 N–H and O–H groups in total. The van der Waals surface area contributed by atoms with E-state index in [0.29, 0.717) is 11.1 Å². The summed E-state index contributed by atoms with van der Waals surface area (Å²) in [6, 6.07) is 0. The van der Waals surface area contributed by atoms with Gasteiger partial charge in [0.1, 0.15) is 0 Å². The monoisotopic (exact) mass is 208 g/mol. The fourth-order valence-electron chi connectivity index (χ4n) is 2.93. The Kier molecular flexibility index (Phi) is 2.68. The van der Waals surface area contributed by atoms with Gasteiger partial charge in [0, 0.05) is 30.7 Å². The number of hydrogen-bond donors (Lipinski definition) is 0. The van der Waals surface area contributed by atoms with Crippen molar-refractivity contribution in [3.8, 4) is 0 Å². The minimum absolute atomic E-state index is 0.341. The summed E-state index contributed by atoms with van der Waals surface area (Å²) in [7, 11) is 0. The van der Waals surface area contributed by atoms with Crippen molar-refractivity contribution in [2.45, 2.75) is 44.7 Å². The zero-order chi connectivity index (χ0) is 11.1. The van der Waals surface area contributed by atoms with Crippen LogP contribution in [0.2, 0.25) is 0 Å². The Bertz CT molecular complexity index is 246. The molecule has 0 unspecified atom stereocenters. The first kappa shape index (κ1) is 11.2. The van der Waals surface area contributed by atoms with Crippen molar-refractivity contribution in [1.29, 1.82) is 0 Å². The van der Waals surface area contributed by atoms with Crippen molar-refractivity contribution in [1.82, 2.24) is 9.80 Å². The summed E-state index contributed by atoms with van der Waals surface area (Å²) in [4.78, 5) is 5.22. The highest BCUT2D eigenvalue weighted by atomic mass is 15.4. The van der Waals surface area contributed by atoms with Crippen LogP contribution in [0.25, 0.3) is 0 Å². The molecule has 2 aliphatic rings. The van der Waals surface area contributed by atoms with E-state index in [4.69, 9.17) is 0 Å². The number of hydrogen-bond acceptors (Lipinski definition) is 2. The molecule has 2 rings (SSSR count). The van der Waals surface area contributed by atoms with Gasteiger partial charge in [-0.1, -0.05) is 6.08 Å². The lowest BCUT2D eigenvalue weighted by atomic mass is 9.83. The Labute approximate surface area is 93.9 Å². The van der Waals surface area contributed by atoms with Crippen LogP contribution in [0, 0.1) is 0 Å². The lowest BCUT2D eigenvalue weighted by Gasteiger charge is -2.57. The fraction of sp³-hybridized carbons (Fsp3) is 0.846. The summed E-state index contributed by atoms with van der Waals surface area (Å²) in [6.45, 7) is 15.6. The molecule has 0 amide bonds. The second-order valence-electron chi connectivity index (χ2n) is 6.09. The molecule has 0 aromatic carbocycles. The third-order valence-corrected chi connectivity index (χ3v) is 4.01. The molecule has 0 aromatic heterocycles. The summed E-state index contributed by atoms with van der Waals surface area (Å²) < 4.78 is 0. The van der Waals surface area contributed by atoms with E-state index in [1.165, 1.54) is 32.5 Å². The molecule has 15 heavy (non-hydrogen) atoms. The van der Waals surface area contributed by atoms with E-state index in [1.54, 1.807) is 0 Å².